The first kappa shape index (κ1) is 17.1. The van der Waals surface area contributed by atoms with E-state index >= 15 is 0 Å². The van der Waals surface area contributed by atoms with E-state index in [0.29, 0.717) is 24.4 Å². The molecule has 0 aliphatic carbocycles. The van der Waals surface area contributed by atoms with Crippen LogP contribution >= 0.6 is 0 Å². The van der Waals surface area contributed by atoms with Crippen molar-refractivity contribution in [3.8, 4) is 0 Å². The number of ether oxygens (including phenoxy) is 1. The molecule has 0 radical (unpaired) electrons. The summed E-state index contributed by atoms with van der Waals surface area (Å²) >= 11 is 0. The van der Waals surface area contributed by atoms with Gasteiger partial charge in [-0.1, -0.05) is 13.0 Å². The molecule has 0 fully saturated rings. The van der Waals surface area contributed by atoms with Crippen LogP contribution in [0.5, 0.6) is 0 Å². The van der Waals surface area contributed by atoms with Crippen LogP contribution in [0.1, 0.15) is 19.8 Å². The third-order valence-corrected chi connectivity index (χ3v) is 2.74. The van der Waals surface area contributed by atoms with Gasteiger partial charge in [-0.05, 0) is 31.2 Å². The van der Waals surface area contributed by atoms with Crippen molar-refractivity contribution in [2.75, 3.05) is 37.4 Å². The molecule has 0 atom stereocenters. The molecule has 0 saturated carbocycles. The molecule has 1 rings (SSSR count). The van der Waals surface area contributed by atoms with E-state index < -0.39 is 0 Å². The fourth-order valence-corrected chi connectivity index (χ4v) is 1.67. The molecule has 6 heteroatoms. The van der Waals surface area contributed by atoms with E-state index in [2.05, 4.69) is 16.0 Å². The van der Waals surface area contributed by atoms with Gasteiger partial charge in [0.1, 0.15) is 0 Å². The number of carbonyl (C=O) groups is 2. The monoisotopic (exact) mass is 293 g/mol. The van der Waals surface area contributed by atoms with Gasteiger partial charge in [-0.15, -0.1) is 0 Å². The molecule has 21 heavy (non-hydrogen) atoms. The number of hydrogen-bond acceptors (Lipinski definition) is 4. The van der Waals surface area contributed by atoms with Gasteiger partial charge in [0.25, 0.3) is 0 Å². The summed E-state index contributed by atoms with van der Waals surface area (Å²) in [6.07, 6.45) is 1.28. The highest BCUT2D eigenvalue weighted by Crippen LogP contribution is 2.15. The molecule has 0 saturated heterocycles. The number of nitrogens with one attached hydrogen (secondary N) is 3. The number of amides is 2. The van der Waals surface area contributed by atoms with E-state index in [9.17, 15) is 9.59 Å². The third-order valence-electron chi connectivity index (χ3n) is 2.74. The van der Waals surface area contributed by atoms with E-state index in [1.807, 2.05) is 0 Å². The van der Waals surface area contributed by atoms with Gasteiger partial charge in [-0.3, -0.25) is 9.59 Å². The van der Waals surface area contributed by atoms with Gasteiger partial charge in [0.15, 0.2) is 0 Å². The first-order valence-electron chi connectivity index (χ1n) is 7.05. The van der Waals surface area contributed by atoms with Crippen LogP contribution in [-0.4, -0.2) is 38.6 Å². The Hall–Kier alpha value is -1.92. The highest BCUT2D eigenvalue weighted by molar-refractivity contribution is 5.94. The predicted molar refractivity (Wildman–Crippen MR) is 83.4 cm³/mol. The molecule has 0 spiro atoms. The van der Waals surface area contributed by atoms with Gasteiger partial charge < -0.3 is 20.7 Å². The lowest BCUT2D eigenvalue weighted by molar-refractivity contribution is -0.116. The summed E-state index contributed by atoms with van der Waals surface area (Å²) in [4.78, 5) is 23.1. The molecule has 1 aromatic rings. The molecule has 0 aromatic heterocycles. The maximum absolute atomic E-state index is 11.7. The zero-order valence-electron chi connectivity index (χ0n) is 12.6. The highest BCUT2D eigenvalue weighted by Gasteiger charge is 2.04. The minimum Gasteiger partial charge on any atom is -0.385 e. The first-order valence-corrected chi connectivity index (χ1v) is 7.05. The quantitative estimate of drug-likeness (QED) is 0.604. The van der Waals surface area contributed by atoms with Gasteiger partial charge in [0, 0.05) is 31.5 Å². The van der Waals surface area contributed by atoms with E-state index in [-0.39, 0.29) is 18.4 Å². The van der Waals surface area contributed by atoms with Crippen molar-refractivity contribution in [2.24, 2.45) is 0 Å². The lowest BCUT2D eigenvalue weighted by atomic mass is 10.2. The Labute approximate surface area is 125 Å². The summed E-state index contributed by atoms with van der Waals surface area (Å²) in [5, 5.41) is 8.57. The fourth-order valence-electron chi connectivity index (χ4n) is 1.67. The van der Waals surface area contributed by atoms with Crippen LogP contribution in [0.3, 0.4) is 0 Å². The average Bonchev–Trinajstić information content (AvgIpc) is 2.47. The van der Waals surface area contributed by atoms with Gasteiger partial charge in [-0.25, -0.2) is 0 Å². The number of methoxy groups -OCH3 is 1. The largest absolute Gasteiger partial charge is 0.385 e. The highest BCUT2D eigenvalue weighted by atomic mass is 16.5. The Bertz CT molecular complexity index is 463. The van der Waals surface area contributed by atoms with Crippen LogP contribution in [0.2, 0.25) is 0 Å². The summed E-state index contributed by atoms with van der Waals surface area (Å²) in [6.45, 7) is 3.44. The Balaban J connectivity index is 2.38. The van der Waals surface area contributed by atoms with Crippen molar-refractivity contribution < 1.29 is 14.3 Å². The summed E-state index contributed by atoms with van der Waals surface area (Å²) in [6, 6.07) is 7.08. The second kappa shape index (κ2) is 9.90. The lowest BCUT2D eigenvalue weighted by Gasteiger charge is -2.09. The van der Waals surface area contributed by atoms with Gasteiger partial charge in [0.05, 0.1) is 6.54 Å². The van der Waals surface area contributed by atoms with E-state index in [1.54, 1.807) is 38.3 Å². The minimum atomic E-state index is -0.119. The minimum absolute atomic E-state index is 0.0571. The van der Waals surface area contributed by atoms with Gasteiger partial charge >= 0.3 is 0 Å². The van der Waals surface area contributed by atoms with Crippen molar-refractivity contribution in [3.63, 3.8) is 0 Å². The Kier molecular flexibility index (Phi) is 8.08. The van der Waals surface area contributed by atoms with Crippen LogP contribution in [0.15, 0.2) is 24.3 Å². The van der Waals surface area contributed by atoms with Crippen molar-refractivity contribution in [1.29, 1.82) is 0 Å². The van der Waals surface area contributed by atoms with Gasteiger partial charge in [0.2, 0.25) is 11.8 Å². The molecule has 0 bridgehead atoms. The number of carbonyl (C=O) groups excluding carboxylic acids is 2. The van der Waals surface area contributed by atoms with Gasteiger partial charge in [-0.2, -0.15) is 0 Å². The summed E-state index contributed by atoms with van der Waals surface area (Å²) < 4.78 is 4.92. The zero-order chi connectivity index (χ0) is 15.5. The Morgan fingerprint density at radius 3 is 2.43 bits per heavy atom. The van der Waals surface area contributed by atoms with Crippen molar-refractivity contribution in [1.82, 2.24) is 5.32 Å². The van der Waals surface area contributed by atoms with Crippen LogP contribution in [0.4, 0.5) is 11.4 Å². The summed E-state index contributed by atoms with van der Waals surface area (Å²) in [5.41, 5.74) is 1.33. The molecule has 3 N–H and O–H groups in total. The normalized spacial score (nSPS) is 10.2. The number of anilines is 2. The van der Waals surface area contributed by atoms with Crippen LogP contribution < -0.4 is 16.0 Å². The zero-order valence-corrected chi connectivity index (χ0v) is 12.6. The van der Waals surface area contributed by atoms with Crippen LogP contribution in [0, 0.1) is 0 Å². The fraction of sp³-hybridized carbons (Fsp3) is 0.467. The van der Waals surface area contributed by atoms with Crippen molar-refractivity contribution in [3.05, 3.63) is 24.3 Å². The maximum Gasteiger partial charge on any atom is 0.238 e. The molecule has 2 amide bonds. The van der Waals surface area contributed by atoms with Crippen molar-refractivity contribution >= 4 is 23.2 Å². The topological polar surface area (TPSA) is 79.5 Å². The second-order valence-electron chi connectivity index (χ2n) is 4.55. The number of benzene rings is 1. The predicted octanol–water partition coefficient (Wildman–Crippen LogP) is 1.60. The SMILES string of the molecule is CCC(=O)Nc1cccc(NC(=O)CNCCCOC)c1. The van der Waals surface area contributed by atoms with Crippen LogP contribution in [0.25, 0.3) is 0 Å². The lowest BCUT2D eigenvalue weighted by Crippen LogP contribution is -2.29. The molecular weight excluding hydrogens is 270 g/mol. The molecule has 0 aliphatic heterocycles. The van der Waals surface area contributed by atoms with E-state index in [0.717, 1.165) is 13.0 Å². The first-order chi connectivity index (χ1) is 10.2. The Morgan fingerprint density at radius 2 is 1.81 bits per heavy atom. The standard InChI is InChI=1S/C15H23N3O3/c1-3-14(19)17-12-6-4-7-13(10-12)18-15(20)11-16-8-5-9-21-2/h4,6-7,10,16H,3,5,8-9,11H2,1-2H3,(H,17,19)(H,18,20). The summed E-state index contributed by atoms with van der Waals surface area (Å²) in [7, 11) is 1.65. The molecule has 1 aromatic carbocycles. The average molecular weight is 293 g/mol. The molecule has 0 aliphatic rings. The molecular formula is C15H23N3O3. The van der Waals surface area contributed by atoms with Crippen LogP contribution in [-0.2, 0) is 14.3 Å². The smallest absolute Gasteiger partial charge is 0.238 e. The molecule has 0 heterocycles. The Morgan fingerprint density at radius 1 is 1.14 bits per heavy atom. The van der Waals surface area contributed by atoms with Crippen molar-refractivity contribution in [2.45, 2.75) is 19.8 Å². The third kappa shape index (κ3) is 7.43. The molecule has 0 unspecified atom stereocenters. The number of rotatable bonds is 9. The second-order valence-corrected chi connectivity index (χ2v) is 4.55. The molecule has 6 nitrogen and oxygen atoms in total. The van der Waals surface area contributed by atoms with E-state index in [4.69, 9.17) is 4.74 Å². The van der Waals surface area contributed by atoms with E-state index in [1.165, 1.54) is 0 Å². The molecule has 116 valence electrons. The maximum atomic E-state index is 11.7. The number of hydrogen-bond donors (Lipinski definition) is 3. The summed E-state index contributed by atoms with van der Waals surface area (Å²) in [5.74, 6) is -0.176.